The van der Waals surface area contributed by atoms with E-state index >= 15 is 0 Å². The molecular weight excluding hydrogens is 258 g/mol. The average molecular weight is 296 g/mol. The summed E-state index contributed by atoms with van der Waals surface area (Å²) >= 11 is 0. The van der Waals surface area contributed by atoms with Crippen molar-refractivity contribution >= 4 is 0 Å². The molecule has 0 unspecified atom stereocenters. The second-order valence-corrected chi connectivity index (χ2v) is 9.09. The highest BCUT2D eigenvalue weighted by Gasteiger charge is 2.35. The average Bonchev–Trinajstić information content (AvgIpc) is 2.47. The molecule has 2 aliphatic carbocycles. The summed E-state index contributed by atoms with van der Waals surface area (Å²) in [5.41, 5.74) is 0.512. The Balaban J connectivity index is 1.76. The van der Waals surface area contributed by atoms with E-state index in [0.29, 0.717) is 12.0 Å². The Hall–Kier alpha value is -0.0800. The van der Waals surface area contributed by atoms with Crippen LogP contribution in [0.25, 0.3) is 0 Å². The van der Waals surface area contributed by atoms with Crippen molar-refractivity contribution in [1.82, 2.24) is 5.32 Å². The molecule has 0 heterocycles. The Morgan fingerprint density at radius 3 is 2.05 bits per heavy atom. The fraction of sp³-hybridized carbons (Fsp3) is 1.00. The number of aliphatic hydroxyl groups is 1. The number of hydrogen-bond acceptors (Lipinski definition) is 2. The van der Waals surface area contributed by atoms with Crippen LogP contribution in [0, 0.1) is 23.2 Å². The van der Waals surface area contributed by atoms with Crippen molar-refractivity contribution in [2.75, 3.05) is 13.2 Å². The van der Waals surface area contributed by atoms with E-state index in [4.69, 9.17) is 0 Å². The van der Waals surface area contributed by atoms with Gasteiger partial charge in [-0.25, -0.2) is 0 Å². The fourth-order valence-electron chi connectivity index (χ4n) is 4.30. The molecule has 2 N–H and O–H groups in total. The van der Waals surface area contributed by atoms with Crippen LogP contribution in [0.15, 0.2) is 0 Å². The number of aliphatic hydroxyl groups excluding tert-OH is 1. The SMILES string of the molecule is CC1CCC(CO)(NCC2CCC(C(C)(C)C)CC2)CC1. The molecule has 0 aromatic heterocycles. The van der Waals surface area contributed by atoms with Crippen LogP contribution in [0.2, 0.25) is 0 Å². The molecule has 2 heteroatoms. The summed E-state index contributed by atoms with van der Waals surface area (Å²) in [6.07, 6.45) is 10.4. The van der Waals surface area contributed by atoms with Crippen LogP contribution in [0.3, 0.4) is 0 Å². The zero-order valence-electron chi connectivity index (χ0n) is 14.8. The Labute approximate surface area is 132 Å². The molecular formula is C19H37NO. The van der Waals surface area contributed by atoms with Crippen LogP contribution in [0.4, 0.5) is 0 Å². The van der Waals surface area contributed by atoms with E-state index in [1.54, 1.807) is 0 Å². The van der Waals surface area contributed by atoms with Gasteiger partial charge in [-0.1, -0.05) is 27.7 Å². The third kappa shape index (κ3) is 4.69. The van der Waals surface area contributed by atoms with Crippen molar-refractivity contribution in [2.24, 2.45) is 23.2 Å². The van der Waals surface area contributed by atoms with Crippen molar-refractivity contribution in [1.29, 1.82) is 0 Å². The van der Waals surface area contributed by atoms with Gasteiger partial charge in [0.25, 0.3) is 0 Å². The molecule has 0 aliphatic heterocycles. The van der Waals surface area contributed by atoms with Crippen molar-refractivity contribution in [3.63, 3.8) is 0 Å². The quantitative estimate of drug-likeness (QED) is 0.807. The van der Waals surface area contributed by atoms with Gasteiger partial charge in [-0.2, -0.15) is 0 Å². The van der Waals surface area contributed by atoms with Gasteiger partial charge in [0.2, 0.25) is 0 Å². The molecule has 2 fully saturated rings. The van der Waals surface area contributed by atoms with Crippen LogP contribution < -0.4 is 5.32 Å². The lowest BCUT2D eigenvalue weighted by Crippen LogP contribution is -2.52. The Bertz CT molecular complexity index is 304. The number of nitrogens with one attached hydrogen (secondary N) is 1. The summed E-state index contributed by atoms with van der Waals surface area (Å²) in [6, 6.07) is 0. The maximum absolute atomic E-state index is 9.84. The number of rotatable bonds is 4. The monoisotopic (exact) mass is 295 g/mol. The molecule has 0 saturated heterocycles. The normalized spacial score (nSPS) is 38.4. The topological polar surface area (TPSA) is 32.3 Å². The van der Waals surface area contributed by atoms with Gasteiger partial charge in [-0.15, -0.1) is 0 Å². The smallest absolute Gasteiger partial charge is 0.0613 e. The van der Waals surface area contributed by atoms with E-state index in [0.717, 1.165) is 37.1 Å². The zero-order chi connectivity index (χ0) is 15.5. The lowest BCUT2D eigenvalue weighted by atomic mass is 9.69. The molecule has 124 valence electrons. The fourth-order valence-corrected chi connectivity index (χ4v) is 4.30. The highest BCUT2D eigenvalue weighted by Crippen LogP contribution is 2.40. The highest BCUT2D eigenvalue weighted by atomic mass is 16.3. The summed E-state index contributed by atoms with van der Waals surface area (Å²) in [5.74, 6) is 2.57. The first-order valence-corrected chi connectivity index (χ1v) is 9.20. The van der Waals surface area contributed by atoms with Crippen molar-refractivity contribution < 1.29 is 5.11 Å². The standard InChI is InChI=1S/C19H37NO/c1-15-9-11-19(14-21,12-10-15)20-13-16-5-7-17(8-6-16)18(2,3)4/h15-17,20-21H,5-14H2,1-4H3. The van der Waals surface area contributed by atoms with E-state index in [-0.39, 0.29) is 5.54 Å². The lowest BCUT2D eigenvalue weighted by molar-refractivity contribution is 0.0913. The Kier molecular flexibility index (Phi) is 5.76. The minimum atomic E-state index is 0.0351. The second kappa shape index (κ2) is 7.00. The Morgan fingerprint density at radius 2 is 1.57 bits per heavy atom. The third-order valence-electron chi connectivity index (χ3n) is 6.37. The summed E-state index contributed by atoms with van der Waals surface area (Å²) in [5, 5.41) is 13.6. The van der Waals surface area contributed by atoms with Crippen LogP contribution >= 0.6 is 0 Å². The first-order chi connectivity index (χ1) is 9.85. The molecule has 0 atom stereocenters. The predicted octanol–water partition coefficient (Wildman–Crippen LogP) is 4.37. The summed E-state index contributed by atoms with van der Waals surface area (Å²) in [4.78, 5) is 0. The molecule has 0 amide bonds. The molecule has 2 rings (SSSR count). The van der Waals surface area contributed by atoms with E-state index in [9.17, 15) is 5.11 Å². The van der Waals surface area contributed by atoms with Gasteiger partial charge < -0.3 is 10.4 Å². The van der Waals surface area contributed by atoms with E-state index in [1.807, 2.05) is 0 Å². The maximum Gasteiger partial charge on any atom is 0.0613 e. The van der Waals surface area contributed by atoms with Gasteiger partial charge in [0.1, 0.15) is 0 Å². The van der Waals surface area contributed by atoms with E-state index < -0.39 is 0 Å². The zero-order valence-corrected chi connectivity index (χ0v) is 14.8. The first kappa shape index (κ1) is 17.3. The minimum Gasteiger partial charge on any atom is -0.394 e. The molecule has 21 heavy (non-hydrogen) atoms. The van der Waals surface area contributed by atoms with Gasteiger partial charge in [-0.3, -0.25) is 0 Å². The molecule has 0 aromatic rings. The molecule has 0 radical (unpaired) electrons. The van der Waals surface area contributed by atoms with Gasteiger partial charge >= 0.3 is 0 Å². The third-order valence-corrected chi connectivity index (χ3v) is 6.37. The lowest BCUT2D eigenvalue weighted by Gasteiger charge is -2.41. The van der Waals surface area contributed by atoms with Crippen LogP contribution in [0.1, 0.15) is 79.1 Å². The van der Waals surface area contributed by atoms with Gasteiger partial charge in [-0.05, 0) is 81.1 Å². The summed E-state index contributed by atoms with van der Waals surface area (Å²) in [6.45, 7) is 10.9. The maximum atomic E-state index is 9.84. The van der Waals surface area contributed by atoms with Crippen molar-refractivity contribution in [3.05, 3.63) is 0 Å². The first-order valence-electron chi connectivity index (χ1n) is 9.20. The highest BCUT2D eigenvalue weighted by molar-refractivity contribution is 4.93. The molecule has 2 saturated carbocycles. The van der Waals surface area contributed by atoms with Gasteiger partial charge in [0.05, 0.1) is 6.61 Å². The predicted molar refractivity (Wildman–Crippen MR) is 90.4 cm³/mol. The van der Waals surface area contributed by atoms with Gasteiger partial charge in [0.15, 0.2) is 0 Å². The molecule has 0 bridgehead atoms. The summed E-state index contributed by atoms with van der Waals surface area (Å²) < 4.78 is 0. The van der Waals surface area contributed by atoms with Crippen LogP contribution in [-0.2, 0) is 0 Å². The van der Waals surface area contributed by atoms with Crippen LogP contribution in [0.5, 0.6) is 0 Å². The number of hydrogen-bond donors (Lipinski definition) is 2. The molecule has 2 nitrogen and oxygen atoms in total. The molecule has 0 aromatic carbocycles. The van der Waals surface area contributed by atoms with E-state index in [1.165, 1.54) is 38.5 Å². The minimum absolute atomic E-state index is 0.0351. The van der Waals surface area contributed by atoms with E-state index in [2.05, 4.69) is 33.0 Å². The Morgan fingerprint density at radius 1 is 1.00 bits per heavy atom. The molecule has 0 spiro atoms. The largest absolute Gasteiger partial charge is 0.394 e. The van der Waals surface area contributed by atoms with Crippen LogP contribution in [-0.4, -0.2) is 23.8 Å². The summed E-state index contributed by atoms with van der Waals surface area (Å²) in [7, 11) is 0. The second-order valence-electron chi connectivity index (χ2n) is 9.09. The van der Waals surface area contributed by atoms with Crippen molar-refractivity contribution in [2.45, 2.75) is 84.6 Å². The van der Waals surface area contributed by atoms with Gasteiger partial charge in [0, 0.05) is 5.54 Å². The van der Waals surface area contributed by atoms with Crippen molar-refractivity contribution in [3.8, 4) is 0 Å². The molecule has 2 aliphatic rings.